The van der Waals surface area contributed by atoms with Crippen molar-refractivity contribution < 1.29 is 9.21 Å². The van der Waals surface area contributed by atoms with E-state index in [-0.39, 0.29) is 11.3 Å². The summed E-state index contributed by atoms with van der Waals surface area (Å²) in [6.07, 6.45) is 4.30. The molecule has 10 heteroatoms. The number of carbonyl (C=O) groups is 1. The SMILES string of the molecule is CC(C)(C)c1cnc(CSc2cnc(NC(=O)CCCN=[N+]=[N-])s2)o1. The molecule has 0 saturated carbocycles. The molecule has 0 bridgehead atoms. The summed E-state index contributed by atoms with van der Waals surface area (Å²) in [4.78, 5) is 22.9. The predicted octanol–water partition coefficient (Wildman–Crippen LogP) is 4.75. The number of rotatable bonds is 8. The largest absolute Gasteiger partial charge is 0.444 e. The highest BCUT2D eigenvalue weighted by Crippen LogP contribution is 2.31. The molecule has 0 radical (unpaired) electrons. The number of anilines is 1. The van der Waals surface area contributed by atoms with Gasteiger partial charge in [-0.05, 0) is 12.0 Å². The topological polar surface area (TPSA) is 117 Å². The highest BCUT2D eigenvalue weighted by atomic mass is 32.2. The van der Waals surface area contributed by atoms with E-state index in [4.69, 9.17) is 9.95 Å². The maximum absolute atomic E-state index is 11.7. The number of carbonyl (C=O) groups excluding carboxylic acids is 1. The molecule has 134 valence electrons. The van der Waals surface area contributed by atoms with Crippen LogP contribution < -0.4 is 5.32 Å². The Balaban J connectivity index is 1.80. The van der Waals surface area contributed by atoms with Gasteiger partial charge in [0.25, 0.3) is 0 Å². The van der Waals surface area contributed by atoms with Crippen molar-refractivity contribution in [3.05, 3.63) is 34.5 Å². The van der Waals surface area contributed by atoms with Crippen LogP contribution in [-0.2, 0) is 16.0 Å². The lowest BCUT2D eigenvalue weighted by atomic mass is 9.94. The molecule has 2 rings (SSSR count). The van der Waals surface area contributed by atoms with Gasteiger partial charge in [-0.2, -0.15) is 0 Å². The van der Waals surface area contributed by atoms with Crippen LogP contribution in [0.15, 0.2) is 26.1 Å². The van der Waals surface area contributed by atoms with Crippen molar-refractivity contribution in [2.45, 2.75) is 49.0 Å². The molecule has 0 aromatic carbocycles. The third-order valence-electron chi connectivity index (χ3n) is 3.09. The predicted molar refractivity (Wildman–Crippen MR) is 98.8 cm³/mol. The van der Waals surface area contributed by atoms with Crippen molar-refractivity contribution >= 4 is 34.1 Å². The maximum atomic E-state index is 11.7. The lowest BCUT2D eigenvalue weighted by Crippen LogP contribution is -2.11. The lowest BCUT2D eigenvalue weighted by Gasteiger charge is -2.12. The first-order chi connectivity index (χ1) is 11.9. The zero-order chi connectivity index (χ0) is 18.3. The van der Waals surface area contributed by atoms with Crippen molar-refractivity contribution in [2.24, 2.45) is 5.11 Å². The van der Waals surface area contributed by atoms with Crippen LogP contribution in [0.5, 0.6) is 0 Å². The lowest BCUT2D eigenvalue weighted by molar-refractivity contribution is -0.116. The molecule has 2 aromatic heterocycles. The molecule has 0 aliphatic heterocycles. The number of aromatic nitrogens is 2. The first kappa shape index (κ1) is 19.3. The maximum Gasteiger partial charge on any atom is 0.226 e. The van der Waals surface area contributed by atoms with Gasteiger partial charge in [-0.15, -0.1) is 11.8 Å². The van der Waals surface area contributed by atoms with Gasteiger partial charge in [-0.3, -0.25) is 4.79 Å². The summed E-state index contributed by atoms with van der Waals surface area (Å²) >= 11 is 2.97. The zero-order valence-electron chi connectivity index (χ0n) is 14.4. The molecule has 0 saturated heterocycles. The Bertz CT molecular complexity index is 758. The van der Waals surface area contributed by atoms with E-state index in [1.807, 2.05) is 0 Å². The zero-order valence-corrected chi connectivity index (χ0v) is 16.0. The highest BCUT2D eigenvalue weighted by Gasteiger charge is 2.19. The van der Waals surface area contributed by atoms with Crippen LogP contribution in [0.1, 0.15) is 45.3 Å². The Hall–Kier alpha value is -2.03. The Labute approximate surface area is 154 Å². The molecule has 25 heavy (non-hydrogen) atoms. The molecule has 2 heterocycles. The van der Waals surface area contributed by atoms with E-state index in [1.165, 1.54) is 11.3 Å². The van der Waals surface area contributed by atoms with Gasteiger partial charge in [0.05, 0.1) is 22.4 Å². The van der Waals surface area contributed by atoms with Crippen LogP contribution in [0.3, 0.4) is 0 Å². The minimum Gasteiger partial charge on any atom is -0.444 e. The van der Waals surface area contributed by atoms with Crippen molar-refractivity contribution in [3.8, 4) is 0 Å². The van der Waals surface area contributed by atoms with Crippen molar-refractivity contribution in [1.82, 2.24) is 9.97 Å². The Morgan fingerprint density at radius 1 is 1.44 bits per heavy atom. The standard InChI is InChI=1S/C15H20N6O2S2/c1-15(2,3)10-7-17-12(23-10)9-24-13-8-18-14(25-13)20-11(22)5-4-6-19-21-16/h7-8H,4-6,9H2,1-3H3,(H,18,20,22). The van der Waals surface area contributed by atoms with Gasteiger partial charge < -0.3 is 9.73 Å². The Morgan fingerprint density at radius 3 is 2.92 bits per heavy atom. The summed E-state index contributed by atoms with van der Waals surface area (Å²) < 4.78 is 6.73. The smallest absolute Gasteiger partial charge is 0.226 e. The summed E-state index contributed by atoms with van der Waals surface area (Å²) in [5.41, 5.74) is 8.12. The van der Waals surface area contributed by atoms with Gasteiger partial charge in [0.1, 0.15) is 5.76 Å². The first-order valence-corrected chi connectivity index (χ1v) is 9.53. The average molecular weight is 380 g/mol. The second kappa shape index (κ2) is 8.89. The number of thiazole rings is 1. The quantitative estimate of drug-likeness (QED) is 0.233. The molecule has 0 aliphatic rings. The van der Waals surface area contributed by atoms with Crippen LogP contribution in [0, 0.1) is 0 Å². The summed E-state index contributed by atoms with van der Waals surface area (Å²) in [7, 11) is 0. The number of thioether (sulfide) groups is 1. The minimum atomic E-state index is -0.137. The van der Waals surface area contributed by atoms with Crippen molar-refractivity contribution in [2.75, 3.05) is 11.9 Å². The molecule has 8 nitrogen and oxygen atoms in total. The molecular weight excluding hydrogens is 360 g/mol. The number of azide groups is 1. The van der Waals surface area contributed by atoms with Crippen molar-refractivity contribution in [1.29, 1.82) is 0 Å². The van der Waals surface area contributed by atoms with E-state index in [2.05, 4.69) is 46.1 Å². The van der Waals surface area contributed by atoms with Crippen LogP contribution in [-0.4, -0.2) is 22.4 Å². The number of amides is 1. The summed E-state index contributed by atoms with van der Waals surface area (Å²) in [5.74, 6) is 2.01. The van der Waals surface area contributed by atoms with E-state index in [0.29, 0.717) is 36.2 Å². The van der Waals surface area contributed by atoms with E-state index >= 15 is 0 Å². The fraction of sp³-hybridized carbons (Fsp3) is 0.533. The van der Waals surface area contributed by atoms with Crippen LogP contribution >= 0.6 is 23.1 Å². The fourth-order valence-electron chi connectivity index (χ4n) is 1.78. The Kier molecular flexibility index (Phi) is 6.86. The van der Waals surface area contributed by atoms with Gasteiger partial charge in [0.15, 0.2) is 5.13 Å². The number of nitrogens with one attached hydrogen (secondary N) is 1. The molecule has 0 unspecified atom stereocenters. The third-order valence-corrected chi connectivity index (χ3v) is 5.18. The third kappa shape index (κ3) is 6.41. The molecule has 0 atom stereocenters. The first-order valence-electron chi connectivity index (χ1n) is 7.73. The van der Waals surface area contributed by atoms with E-state index in [9.17, 15) is 4.79 Å². The molecular formula is C15H20N6O2S2. The van der Waals surface area contributed by atoms with Crippen LogP contribution in [0.4, 0.5) is 5.13 Å². The summed E-state index contributed by atoms with van der Waals surface area (Å²) in [5, 5.41) is 6.69. The molecule has 0 aliphatic carbocycles. The van der Waals surface area contributed by atoms with Crippen LogP contribution in [0.25, 0.3) is 10.4 Å². The molecule has 0 spiro atoms. The van der Waals surface area contributed by atoms with Gasteiger partial charge >= 0.3 is 0 Å². The number of nitrogens with zero attached hydrogens (tertiary/aromatic N) is 5. The molecule has 1 amide bonds. The summed E-state index contributed by atoms with van der Waals surface area (Å²) in [6.45, 7) is 6.55. The molecule has 2 aromatic rings. The van der Waals surface area contributed by atoms with Crippen molar-refractivity contribution in [3.63, 3.8) is 0 Å². The van der Waals surface area contributed by atoms with E-state index in [0.717, 1.165) is 9.97 Å². The Morgan fingerprint density at radius 2 is 2.24 bits per heavy atom. The highest BCUT2D eigenvalue weighted by molar-refractivity contribution is 8.00. The normalized spacial score (nSPS) is 11.2. The van der Waals surface area contributed by atoms with E-state index in [1.54, 1.807) is 24.2 Å². The minimum absolute atomic E-state index is 0.0591. The van der Waals surface area contributed by atoms with Gasteiger partial charge in [0, 0.05) is 23.3 Å². The molecule has 0 fully saturated rings. The molecule has 1 N–H and O–H groups in total. The van der Waals surface area contributed by atoms with Gasteiger partial charge in [-0.25, -0.2) is 9.97 Å². The summed E-state index contributed by atoms with van der Waals surface area (Å²) in [6, 6.07) is 0. The van der Waals surface area contributed by atoms with Gasteiger partial charge in [-0.1, -0.05) is 37.2 Å². The number of oxazole rings is 1. The fourth-order valence-corrected chi connectivity index (χ4v) is 3.52. The monoisotopic (exact) mass is 380 g/mol. The second-order valence-electron chi connectivity index (χ2n) is 6.25. The number of hydrogen-bond acceptors (Lipinski definition) is 7. The number of hydrogen-bond donors (Lipinski definition) is 1. The second-order valence-corrected chi connectivity index (χ2v) is 8.55. The average Bonchev–Trinajstić information content (AvgIpc) is 3.18. The van der Waals surface area contributed by atoms with Crippen LogP contribution in [0.2, 0.25) is 0 Å². The van der Waals surface area contributed by atoms with Gasteiger partial charge in [0.2, 0.25) is 11.8 Å². The van der Waals surface area contributed by atoms with E-state index < -0.39 is 0 Å².